The van der Waals surface area contributed by atoms with Crippen molar-refractivity contribution >= 4 is 69.2 Å². The van der Waals surface area contributed by atoms with E-state index < -0.39 is 17.1 Å². The number of hydrogen-bond donors (Lipinski definition) is 4. The fourth-order valence-electron chi connectivity index (χ4n) is 4.79. The van der Waals surface area contributed by atoms with Crippen molar-refractivity contribution in [1.82, 2.24) is 5.32 Å². The van der Waals surface area contributed by atoms with Gasteiger partial charge >= 0.3 is 0 Å². The predicted octanol–water partition coefficient (Wildman–Crippen LogP) is 7.72. The van der Waals surface area contributed by atoms with Crippen molar-refractivity contribution in [3.05, 3.63) is 142 Å². The number of thioether (sulfide) groups is 1. The molecule has 5 rings (SSSR count). The SMILES string of the molecule is COc1ccc(/C=C(/NC(=O)c2ccccc2)C(=O)Nc2cccc(SC(C)C(=O)Nc3sc(C(=O)Nc4ccccc4)c(C)c3C#N)c2)cc1. The Hall–Kier alpha value is -6.16. The molecule has 5 aromatic rings. The first kappa shape index (κ1) is 36.1. The van der Waals surface area contributed by atoms with Gasteiger partial charge in [-0.1, -0.05) is 54.6 Å². The number of hydrogen-bond acceptors (Lipinski definition) is 8. The molecule has 256 valence electrons. The third kappa shape index (κ3) is 9.51. The van der Waals surface area contributed by atoms with Crippen LogP contribution < -0.4 is 26.0 Å². The van der Waals surface area contributed by atoms with Gasteiger partial charge in [-0.05, 0) is 85.6 Å². The molecule has 1 atom stereocenters. The molecule has 0 fully saturated rings. The Morgan fingerprint density at radius 1 is 0.824 bits per heavy atom. The lowest BCUT2D eigenvalue weighted by atomic mass is 10.1. The summed E-state index contributed by atoms with van der Waals surface area (Å²) in [6, 6.07) is 33.6. The summed E-state index contributed by atoms with van der Waals surface area (Å²) in [5.74, 6) is -1.08. The Labute approximate surface area is 303 Å². The van der Waals surface area contributed by atoms with E-state index in [1.54, 1.807) is 130 Å². The van der Waals surface area contributed by atoms with Crippen LogP contribution in [-0.4, -0.2) is 36.0 Å². The maximum Gasteiger partial charge on any atom is 0.272 e. The summed E-state index contributed by atoms with van der Waals surface area (Å²) in [5, 5.41) is 20.7. The first-order valence-corrected chi connectivity index (χ1v) is 17.4. The van der Waals surface area contributed by atoms with Crippen LogP contribution in [0.3, 0.4) is 0 Å². The smallest absolute Gasteiger partial charge is 0.272 e. The number of benzene rings is 4. The van der Waals surface area contributed by atoms with Gasteiger partial charge in [-0.15, -0.1) is 23.1 Å². The highest BCUT2D eigenvalue weighted by molar-refractivity contribution is 8.00. The molecule has 10 nitrogen and oxygen atoms in total. The Kier molecular flexibility index (Phi) is 12.0. The fourth-order valence-corrected chi connectivity index (χ4v) is 6.77. The maximum absolute atomic E-state index is 13.5. The minimum absolute atomic E-state index is 0.0242. The molecule has 0 aliphatic heterocycles. The van der Waals surface area contributed by atoms with E-state index in [1.807, 2.05) is 6.07 Å². The largest absolute Gasteiger partial charge is 0.497 e. The van der Waals surface area contributed by atoms with Crippen molar-refractivity contribution in [3.63, 3.8) is 0 Å². The molecule has 51 heavy (non-hydrogen) atoms. The Balaban J connectivity index is 1.27. The molecular formula is C39H33N5O5S2. The summed E-state index contributed by atoms with van der Waals surface area (Å²) in [7, 11) is 1.56. The molecule has 0 saturated heterocycles. The second kappa shape index (κ2) is 17.0. The van der Waals surface area contributed by atoms with Gasteiger partial charge in [0, 0.05) is 21.8 Å². The molecule has 0 aliphatic carbocycles. The Morgan fingerprint density at radius 3 is 2.16 bits per heavy atom. The van der Waals surface area contributed by atoms with Gasteiger partial charge in [0.2, 0.25) is 5.91 Å². The number of amides is 4. The van der Waals surface area contributed by atoms with Crippen LogP contribution in [0.25, 0.3) is 6.08 Å². The molecule has 0 spiro atoms. The van der Waals surface area contributed by atoms with Crippen LogP contribution in [0.5, 0.6) is 5.75 Å². The molecular weight excluding hydrogens is 683 g/mol. The molecule has 1 unspecified atom stereocenters. The third-order valence-electron chi connectivity index (χ3n) is 7.46. The number of nitriles is 1. The number of rotatable bonds is 12. The number of carbonyl (C=O) groups is 4. The lowest BCUT2D eigenvalue weighted by Gasteiger charge is -2.14. The van der Waals surface area contributed by atoms with Gasteiger partial charge < -0.3 is 26.0 Å². The van der Waals surface area contributed by atoms with E-state index in [1.165, 1.54) is 11.8 Å². The van der Waals surface area contributed by atoms with Crippen molar-refractivity contribution < 1.29 is 23.9 Å². The molecule has 12 heteroatoms. The Morgan fingerprint density at radius 2 is 1.49 bits per heavy atom. The highest BCUT2D eigenvalue weighted by Gasteiger charge is 2.24. The second-order valence-electron chi connectivity index (χ2n) is 11.1. The first-order chi connectivity index (χ1) is 24.6. The van der Waals surface area contributed by atoms with Crippen molar-refractivity contribution in [3.8, 4) is 11.8 Å². The van der Waals surface area contributed by atoms with E-state index >= 15 is 0 Å². The predicted molar refractivity (Wildman–Crippen MR) is 202 cm³/mol. The maximum atomic E-state index is 13.5. The normalized spacial score (nSPS) is 11.5. The van der Waals surface area contributed by atoms with Crippen LogP contribution in [0.1, 0.15) is 43.6 Å². The monoisotopic (exact) mass is 715 g/mol. The molecule has 0 bridgehead atoms. The summed E-state index contributed by atoms with van der Waals surface area (Å²) in [6.07, 6.45) is 1.57. The lowest BCUT2D eigenvalue weighted by molar-refractivity contribution is -0.115. The summed E-state index contributed by atoms with van der Waals surface area (Å²) < 4.78 is 5.23. The number of anilines is 3. The zero-order valence-electron chi connectivity index (χ0n) is 27.9. The number of methoxy groups -OCH3 is 1. The molecule has 0 aliphatic rings. The highest BCUT2D eigenvalue weighted by Crippen LogP contribution is 2.34. The summed E-state index contributed by atoms with van der Waals surface area (Å²) in [5.41, 5.74) is 2.86. The van der Waals surface area contributed by atoms with Gasteiger partial charge in [-0.3, -0.25) is 19.2 Å². The minimum Gasteiger partial charge on any atom is -0.497 e. The van der Waals surface area contributed by atoms with Crippen LogP contribution >= 0.6 is 23.1 Å². The summed E-state index contributed by atoms with van der Waals surface area (Å²) in [6.45, 7) is 3.39. The number of ether oxygens (including phenoxy) is 1. The second-order valence-corrected chi connectivity index (χ2v) is 13.5. The van der Waals surface area contributed by atoms with Gasteiger partial charge in [0.15, 0.2) is 0 Å². The average Bonchev–Trinajstić information content (AvgIpc) is 3.46. The first-order valence-electron chi connectivity index (χ1n) is 15.7. The molecule has 4 aromatic carbocycles. The topological polar surface area (TPSA) is 149 Å². The number of para-hydroxylation sites is 1. The van der Waals surface area contributed by atoms with Gasteiger partial charge in [0.1, 0.15) is 22.5 Å². The molecule has 1 heterocycles. The zero-order valence-corrected chi connectivity index (χ0v) is 29.5. The number of nitrogens with one attached hydrogen (secondary N) is 4. The van der Waals surface area contributed by atoms with Gasteiger partial charge in [0.25, 0.3) is 17.7 Å². The quantitative estimate of drug-likeness (QED) is 0.0763. The minimum atomic E-state index is -0.609. The van der Waals surface area contributed by atoms with Crippen molar-refractivity contribution in [1.29, 1.82) is 5.26 Å². The Bertz CT molecular complexity index is 2130. The van der Waals surface area contributed by atoms with Crippen molar-refractivity contribution in [2.75, 3.05) is 23.1 Å². The third-order valence-corrected chi connectivity index (χ3v) is 9.76. The summed E-state index contributed by atoms with van der Waals surface area (Å²) in [4.78, 5) is 53.8. The average molecular weight is 716 g/mol. The van der Waals surface area contributed by atoms with E-state index in [2.05, 4.69) is 27.3 Å². The van der Waals surface area contributed by atoms with E-state index in [4.69, 9.17) is 4.74 Å². The molecule has 1 aromatic heterocycles. The fraction of sp³-hybridized carbons (Fsp3) is 0.103. The molecule has 4 amide bonds. The number of nitrogens with zero attached hydrogens (tertiary/aromatic N) is 1. The standard InChI is InChI=1S/C39H33N5O5S2/c1-24-32(23-40)39(51-34(24)38(48)41-28-13-8-5-9-14-28)44-35(45)25(2)50-31-16-10-15-29(22-31)42-37(47)33(21-26-17-19-30(49-3)20-18-26)43-36(46)27-11-6-4-7-12-27/h4-22,25H,1-3H3,(H,41,48)(H,42,47)(H,43,46)(H,44,45)/b33-21+. The molecule has 0 saturated carbocycles. The van der Waals surface area contributed by atoms with Gasteiger partial charge in [-0.2, -0.15) is 5.26 Å². The van der Waals surface area contributed by atoms with Crippen LogP contribution in [0.2, 0.25) is 0 Å². The lowest BCUT2D eigenvalue weighted by Crippen LogP contribution is -2.30. The number of carbonyl (C=O) groups excluding carboxylic acids is 4. The van der Waals surface area contributed by atoms with Crippen molar-refractivity contribution in [2.45, 2.75) is 24.0 Å². The van der Waals surface area contributed by atoms with Gasteiger partial charge in [0.05, 0.1) is 22.8 Å². The highest BCUT2D eigenvalue weighted by atomic mass is 32.2. The summed E-state index contributed by atoms with van der Waals surface area (Å²) >= 11 is 2.29. The van der Waals surface area contributed by atoms with E-state index in [-0.39, 0.29) is 23.1 Å². The van der Waals surface area contributed by atoms with E-state index in [9.17, 15) is 24.4 Å². The number of thiophene rings is 1. The zero-order chi connectivity index (χ0) is 36.3. The van der Waals surface area contributed by atoms with Crippen LogP contribution in [0.15, 0.2) is 120 Å². The van der Waals surface area contributed by atoms with Crippen LogP contribution in [0.4, 0.5) is 16.4 Å². The van der Waals surface area contributed by atoms with Gasteiger partial charge in [-0.25, -0.2) is 0 Å². The van der Waals surface area contributed by atoms with Crippen molar-refractivity contribution in [2.24, 2.45) is 0 Å². The molecule has 0 radical (unpaired) electrons. The van der Waals surface area contributed by atoms with Crippen LogP contribution in [-0.2, 0) is 9.59 Å². The van der Waals surface area contributed by atoms with Crippen LogP contribution in [0, 0.1) is 18.3 Å². The molecule has 4 N–H and O–H groups in total. The van der Waals surface area contributed by atoms with E-state index in [0.29, 0.717) is 48.6 Å². The van der Waals surface area contributed by atoms with E-state index in [0.717, 1.165) is 11.3 Å².